The maximum atomic E-state index is 5.98. The van der Waals surface area contributed by atoms with Crippen molar-refractivity contribution in [1.82, 2.24) is 10.6 Å². The first-order chi connectivity index (χ1) is 10.6. The number of methoxy groups -OCH3 is 1. The predicted molar refractivity (Wildman–Crippen MR) is 92.8 cm³/mol. The van der Waals surface area contributed by atoms with Gasteiger partial charge in [-0.25, -0.2) is 0 Å². The van der Waals surface area contributed by atoms with Gasteiger partial charge in [0, 0.05) is 30.1 Å². The minimum Gasteiger partial charge on any atom is -0.383 e. The molecule has 1 fully saturated rings. The summed E-state index contributed by atoms with van der Waals surface area (Å²) in [7, 11) is 1.71. The lowest BCUT2D eigenvalue weighted by Crippen LogP contribution is -2.44. The number of benzene rings is 1. The van der Waals surface area contributed by atoms with Crippen LogP contribution in [0.4, 0.5) is 0 Å². The molecular formula is C17H26ClN3O. The number of rotatable bonds is 7. The summed E-state index contributed by atoms with van der Waals surface area (Å²) in [4.78, 5) is 4.77. The van der Waals surface area contributed by atoms with Gasteiger partial charge in [-0.3, -0.25) is 4.99 Å². The van der Waals surface area contributed by atoms with E-state index >= 15 is 0 Å². The summed E-state index contributed by atoms with van der Waals surface area (Å²) < 4.78 is 5.16. The second-order valence-corrected chi connectivity index (χ2v) is 6.42. The minimum absolute atomic E-state index is 0.192. The molecule has 2 N–H and O–H groups in total. The predicted octanol–water partition coefficient (Wildman–Crippen LogP) is 2.96. The molecule has 0 radical (unpaired) electrons. The van der Waals surface area contributed by atoms with E-state index in [2.05, 4.69) is 36.6 Å². The van der Waals surface area contributed by atoms with E-state index < -0.39 is 0 Å². The fourth-order valence-corrected chi connectivity index (χ4v) is 2.69. The van der Waals surface area contributed by atoms with Crippen molar-refractivity contribution < 1.29 is 4.74 Å². The van der Waals surface area contributed by atoms with E-state index in [1.165, 1.54) is 18.4 Å². The van der Waals surface area contributed by atoms with Crippen LogP contribution in [0.15, 0.2) is 29.3 Å². The Hall–Kier alpha value is -1.26. The van der Waals surface area contributed by atoms with Crippen LogP contribution in [-0.4, -0.2) is 38.8 Å². The van der Waals surface area contributed by atoms with Crippen LogP contribution in [-0.2, 0) is 10.2 Å². The summed E-state index contributed by atoms with van der Waals surface area (Å²) in [6, 6.07) is 8.40. The molecule has 4 nitrogen and oxygen atoms in total. The first-order valence-electron chi connectivity index (χ1n) is 7.89. The van der Waals surface area contributed by atoms with Crippen LogP contribution in [0.1, 0.15) is 32.3 Å². The van der Waals surface area contributed by atoms with Gasteiger partial charge < -0.3 is 15.4 Å². The monoisotopic (exact) mass is 323 g/mol. The second-order valence-electron chi connectivity index (χ2n) is 5.98. The number of nitrogens with one attached hydrogen (secondary N) is 2. The highest BCUT2D eigenvalue weighted by atomic mass is 35.5. The Morgan fingerprint density at radius 2 is 2.05 bits per heavy atom. The van der Waals surface area contributed by atoms with Crippen molar-refractivity contribution in [2.24, 2.45) is 4.99 Å². The van der Waals surface area contributed by atoms with Gasteiger partial charge in [0.05, 0.1) is 13.2 Å². The summed E-state index contributed by atoms with van der Waals surface area (Å²) >= 11 is 5.98. The maximum Gasteiger partial charge on any atom is 0.191 e. The standard InChI is InChI=1S/C17H26ClN3O/c1-4-19-16(21-13(2)11-22-3)20-12-17(9-10-17)14-5-7-15(18)8-6-14/h5-8,13H,4,9-12H2,1-3H3,(H2,19,20,21). The van der Waals surface area contributed by atoms with Crippen molar-refractivity contribution in [1.29, 1.82) is 0 Å². The summed E-state index contributed by atoms with van der Waals surface area (Å²) in [5, 5.41) is 7.45. The van der Waals surface area contributed by atoms with E-state index in [0.29, 0.717) is 6.61 Å². The molecule has 2 rings (SSSR count). The van der Waals surface area contributed by atoms with Crippen molar-refractivity contribution in [2.75, 3.05) is 26.8 Å². The van der Waals surface area contributed by atoms with Gasteiger partial charge in [0.1, 0.15) is 0 Å². The third kappa shape index (κ3) is 4.62. The summed E-state index contributed by atoms with van der Waals surface area (Å²) in [5.74, 6) is 0.854. The van der Waals surface area contributed by atoms with Crippen LogP contribution in [0, 0.1) is 0 Å². The molecule has 1 unspecified atom stereocenters. The van der Waals surface area contributed by atoms with Gasteiger partial charge >= 0.3 is 0 Å². The van der Waals surface area contributed by atoms with Crippen LogP contribution in [0.5, 0.6) is 0 Å². The molecule has 0 aromatic heterocycles. The normalized spacial score (nSPS) is 17.9. The van der Waals surface area contributed by atoms with Crippen LogP contribution in [0.25, 0.3) is 0 Å². The highest BCUT2D eigenvalue weighted by Crippen LogP contribution is 2.48. The Kier molecular flexibility index (Phi) is 6.09. The average Bonchev–Trinajstić information content (AvgIpc) is 3.27. The summed E-state index contributed by atoms with van der Waals surface area (Å²) in [5.41, 5.74) is 1.53. The van der Waals surface area contributed by atoms with Gasteiger partial charge in [-0.2, -0.15) is 0 Å². The number of hydrogen-bond acceptors (Lipinski definition) is 2. The van der Waals surface area contributed by atoms with Crippen molar-refractivity contribution in [3.05, 3.63) is 34.9 Å². The van der Waals surface area contributed by atoms with E-state index in [9.17, 15) is 0 Å². The molecule has 0 heterocycles. The lowest BCUT2D eigenvalue weighted by molar-refractivity contribution is 0.179. The van der Waals surface area contributed by atoms with Crippen molar-refractivity contribution in [3.8, 4) is 0 Å². The molecule has 1 aliphatic rings. The lowest BCUT2D eigenvalue weighted by Gasteiger charge is -2.19. The van der Waals surface area contributed by atoms with E-state index in [0.717, 1.165) is 24.1 Å². The molecule has 1 aromatic carbocycles. The zero-order valence-electron chi connectivity index (χ0n) is 13.7. The topological polar surface area (TPSA) is 45.7 Å². The second kappa shape index (κ2) is 7.84. The molecule has 0 aliphatic heterocycles. The van der Waals surface area contributed by atoms with E-state index in [1.807, 2.05) is 12.1 Å². The van der Waals surface area contributed by atoms with E-state index in [1.54, 1.807) is 7.11 Å². The first kappa shape index (κ1) is 17.1. The average molecular weight is 324 g/mol. The number of halogens is 1. The molecule has 122 valence electrons. The van der Waals surface area contributed by atoms with Crippen LogP contribution >= 0.6 is 11.6 Å². The highest BCUT2D eigenvalue weighted by molar-refractivity contribution is 6.30. The highest BCUT2D eigenvalue weighted by Gasteiger charge is 2.44. The lowest BCUT2D eigenvalue weighted by atomic mass is 9.96. The summed E-state index contributed by atoms with van der Waals surface area (Å²) in [6.07, 6.45) is 2.37. The third-order valence-electron chi connectivity index (χ3n) is 3.99. The van der Waals surface area contributed by atoms with Crippen molar-refractivity contribution >= 4 is 17.6 Å². The number of guanidine groups is 1. The Labute approximate surface area is 138 Å². The minimum atomic E-state index is 0.192. The molecule has 1 saturated carbocycles. The number of aliphatic imine (C=N–C) groups is 1. The zero-order chi connectivity index (χ0) is 16.0. The SMILES string of the molecule is CCNC(=NCC1(c2ccc(Cl)cc2)CC1)NC(C)COC. The fraction of sp³-hybridized carbons (Fsp3) is 0.588. The largest absolute Gasteiger partial charge is 0.383 e. The van der Waals surface area contributed by atoms with Crippen LogP contribution < -0.4 is 10.6 Å². The maximum absolute atomic E-state index is 5.98. The molecule has 22 heavy (non-hydrogen) atoms. The number of hydrogen-bond donors (Lipinski definition) is 2. The smallest absolute Gasteiger partial charge is 0.191 e. The number of nitrogens with zero attached hydrogens (tertiary/aromatic N) is 1. The molecule has 0 bridgehead atoms. The Morgan fingerprint density at radius 3 is 2.59 bits per heavy atom. The van der Waals surface area contributed by atoms with Crippen molar-refractivity contribution in [2.45, 2.75) is 38.1 Å². The molecule has 0 spiro atoms. The zero-order valence-corrected chi connectivity index (χ0v) is 14.4. The van der Waals surface area contributed by atoms with Gasteiger partial charge in [-0.15, -0.1) is 0 Å². The van der Waals surface area contributed by atoms with Gasteiger partial charge in [0.2, 0.25) is 0 Å². The van der Waals surface area contributed by atoms with Gasteiger partial charge in [0.25, 0.3) is 0 Å². The fourth-order valence-electron chi connectivity index (χ4n) is 2.57. The molecule has 1 aliphatic carbocycles. The van der Waals surface area contributed by atoms with Gasteiger partial charge in [-0.1, -0.05) is 23.7 Å². The Balaban J connectivity index is 2.01. The van der Waals surface area contributed by atoms with Gasteiger partial charge in [-0.05, 0) is 44.4 Å². The van der Waals surface area contributed by atoms with E-state index in [-0.39, 0.29) is 11.5 Å². The molecule has 1 aromatic rings. The van der Waals surface area contributed by atoms with Crippen LogP contribution in [0.3, 0.4) is 0 Å². The Bertz CT molecular complexity index is 497. The molecule has 5 heteroatoms. The van der Waals surface area contributed by atoms with Gasteiger partial charge in [0.15, 0.2) is 5.96 Å². The van der Waals surface area contributed by atoms with E-state index in [4.69, 9.17) is 21.3 Å². The third-order valence-corrected chi connectivity index (χ3v) is 4.25. The molecule has 0 amide bonds. The molecular weight excluding hydrogens is 298 g/mol. The van der Waals surface area contributed by atoms with Crippen molar-refractivity contribution in [3.63, 3.8) is 0 Å². The number of ether oxygens (including phenoxy) is 1. The Morgan fingerprint density at radius 1 is 1.36 bits per heavy atom. The quantitative estimate of drug-likeness (QED) is 0.599. The van der Waals surface area contributed by atoms with Crippen LogP contribution in [0.2, 0.25) is 5.02 Å². The molecule has 0 saturated heterocycles. The first-order valence-corrected chi connectivity index (χ1v) is 8.27. The summed E-state index contributed by atoms with van der Waals surface area (Å²) in [6.45, 7) is 6.46. The molecule has 1 atom stereocenters.